The fourth-order valence-electron chi connectivity index (χ4n) is 2.13. The van der Waals surface area contributed by atoms with Crippen LogP contribution < -0.4 is 15.2 Å². The Balaban J connectivity index is 2.37. The number of nitrogens with two attached hydrogens (primary N) is 1. The van der Waals surface area contributed by atoms with Gasteiger partial charge in [-0.2, -0.15) is 0 Å². The van der Waals surface area contributed by atoms with E-state index in [0.717, 1.165) is 28.2 Å². The van der Waals surface area contributed by atoms with Crippen LogP contribution in [0.1, 0.15) is 29.7 Å². The highest BCUT2D eigenvalue weighted by molar-refractivity contribution is 5.44. The maximum atomic E-state index is 6.35. The standard InChI is InChI=1S/C16H20N2O2/c1-4-20-13-8-12(9-18-10-13)16(17)14-7-11(2)5-6-15(14)19-3/h5-10,16H,4,17H2,1-3H3. The number of aromatic nitrogens is 1. The molecule has 0 aliphatic rings. The number of nitrogens with zero attached hydrogens (tertiary/aromatic N) is 1. The van der Waals surface area contributed by atoms with E-state index in [9.17, 15) is 0 Å². The van der Waals surface area contributed by atoms with Crippen molar-refractivity contribution in [1.29, 1.82) is 0 Å². The van der Waals surface area contributed by atoms with Gasteiger partial charge in [-0.25, -0.2) is 0 Å². The van der Waals surface area contributed by atoms with Crippen LogP contribution >= 0.6 is 0 Å². The van der Waals surface area contributed by atoms with Crippen LogP contribution in [0.15, 0.2) is 36.7 Å². The second-order valence-electron chi connectivity index (χ2n) is 4.61. The van der Waals surface area contributed by atoms with Crippen LogP contribution in [0.2, 0.25) is 0 Å². The summed E-state index contributed by atoms with van der Waals surface area (Å²) in [7, 11) is 1.65. The molecule has 1 heterocycles. The van der Waals surface area contributed by atoms with Gasteiger partial charge in [0.15, 0.2) is 0 Å². The summed E-state index contributed by atoms with van der Waals surface area (Å²) in [6.45, 7) is 4.58. The zero-order valence-corrected chi connectivity index (χ0v) is 12.1. The molecule has 2 rings (SSSR count). The molecule has 2 aromatic rings. The summed E-state index contributed by atoms with van der Waals surface area (Å²) >= 11 is 0. The molecule has 1 aromatic carbocycles. The summed E-state index contributed by atoms with van der Waals surface area (Å²) in [5, 5.41) is 0. The van der Waals surface area contributed by atoms with Gasteiger partial charge in [0.2, 0.25) is 0 Å². The molecule has 4 heteroatoms. The molecule has 0 spiro atoms. The van der Waals surface area contributed by atoms with Gasteiger partial charge in [0, 0.05) is 11.8 Å². The Hall–Kier alpha value is -2.07. The van der Waals surface area contributed by atoms with E-state index in [2.05, 4.69) is 4.98 Å². The highest BCUT2D eigenvalue weighted by Crippen LogP contribution is 2.30. The van der Waals surface area contributed by atoms with E-state index >= 15 is 0 Å². The number of hydrogen-bond acceptors (Lipinski definition) is 4. The van der Waals surface area contributed by atoms with Gasteiger partial charge in [-0.3, -0.25) is 4.98 Å². The predicted molar refractivity (Wildman–Crippen MR) is 79.2 cm³/mol. The van der Waals surface area contributed by atoms with E-state index in [1.165, 1.54) is 0 Å². The molecule has 0 amide bonds. The van der Waals surface area contributed by atoms with Crippen molar-refractivity contribution in [1.82, 2.24) is 4.98 Å². The molecule has 0 radical (unpaired) electrons. The third-order valence-electron chi connectivity index (χ3n) is 3.12. The van der Waals surface area contributed by atoms with Crippen molar-refractivity contribution in [3.8, 4) is 11.5 Å². The molecule has 2 N–H and O–H groups in total. The molecular formula is C16H20N2O2. The molecule has 0 bridgehead atoms. The fourth-order valence-corrected chi connectivity index (χ4v) is 2.13. The number of pyridine rings is 1. The van der Waals surface area contributed by atoms with Gasteiger partial charge in [-0.1, -0.05) is 17.7 Å². The molecule has 0 saturated carbocycles. The van der Waals surface area contributed by atoms with Crippen LogP contribution in [0, 0.1) is 6.92 Å². The Morgan fingerprint density at radius 2 is 2.05 bits per heavy atom. The topological polar surface area (TPSA) is 57.4 Å². The SMILES string of the molecule is CCOc1cncc(C(N)c2cc(C)ccc2OC)c1. The molecule has 1 atom stereocenters. The van der Waals surface area contributed by atoms with Gasteiger partial charge in [-0.15, -0.1) is 0 Å². The first-order valence-electron chi connectivity index (χ1n) is 6.63. The Morgan fingerprint density at radius 1 is 1.25 bits per heavy atom. The maximum absolute atomic E-state index is 6.35. The van der Waals surface area contributed by atoms with Crippen LogP contribution in [0.25, 0.3) is 0 Å². The van der Waals surface area contributed by atoms with Gasteiger partial charge in [-0.05, 0) is 31.5 Å². The van der Waals surface area contributed by atoms with Crippen LogP contribution in [-0.4, -0.2) is 18.7 Å². The van der Waals surface area contributed by atoms with Gasteiger partial charge in [0.05, 0.1) is 26.0 Å². The summed E-state index contributed by atoms with van der Waals surface area (Å²) in [5.74, 6) is 1.51. The second-order valence-corrected chi connectivity index (χ2v) is 4.61. The maximum Gasteiger partial charge on any atom is 0.137 e. The highest BCUT2D eigenvalue weighted by Gasteiger charge is 2.15. The van der Waals surface area contributed by atoms with Crippen molar-refractivity contribution in [3.63, 3.8) is 0 Å². The highest BCUT2D eigenvalue weighted by atomic mass is 16.5. The first-order valence-corrected chi connectivity index (χ1v) is 6.63. The second kappa shape index (κ2) is 6.39. The Kier molecular flexibility index (Phi) is 4.58. The van der Waals surface area contributed by atoms with E-state index in [1.807, 2.05) is 38.1 Å². The molecule has 4 nitrogen and oxygen atoms in total. The first kappa shape index (κ1) is 14.3. The molecule has 0 fully saturated rings. The zero-order chi connectivity index (χ0) is 14.5. The quantitative estimate of drug-likeness (QED) is 0.909. The molecule has 1 aromatic heterocycles. The molecule has 106 valence electrons. The summed E-state index contributed by atoms with van der Waals surface area (Å²) in [6, 6.07) is 7.60. The number of ether oxygens (including phenoxy) is 2. The van der Waals surface area contributed by atoms with E-state index in [-0.39, 0.29) is 6.04 Å². The Labute approximate surface area is 119 Å². The third kappa shape index (κ3) is 3.08. The monoisotopic (exact) mass is 272 g/mol. The Morgan fingerprint density at radius 3 is 2.75 bits per heavy atom. The number of aryl methyl sites for hydroxylation is 1. The van der Waals surface area contributed by atoms with Crippen molar-refractivity contribution < 1.29 is 9.47 Å². The number of hydrogen-bond donors (Lipinski definition) is 1. The van der Waals surface area contributed by atoms with Crippen molar-refractivity contribution in [2.75, 3.05) is 13.7 Å². The van der Waals surface area contributed by atoms with E-state index in [1.54, 1.807) is 19.5 Å². The van der Waals surface area contributed by atoms with Crippen LogP contribution in [-0.2, 0) is 0 Å². The van der Waals surface area contributed by atoms with Crippen LogP contribution in [0.3, 0.4) is 0 Å². The summed E-state index contributed by atoms with van der Waals surface area (Å²) in [5.41, 5.74) is 9.34. The molecule has 0 aliphatic heterocycles. The van der Waals surface area contributed by atoms with Crippen LogP contribution in [0.5, 0.6) is 11.5 Å². The first-order chi connectivity index (χ1) is 9.65. The van der Waals surface area contributed by atoms with Crippen molar-refractivity contribution in [2.45, 2.75) is 19.9 Å². The minimum Gasteiger partial charge on any atom is -0.496 e. The van der Waals surface area contributed by atoms with Crippen molar-refractivity contribution in [2.24, 2.45) is 5.73 Å². The minimum atomic E-state index is -0.294. The lowest BCUT2D eigenvalue weighted by molar-refractivity contribution is 0.338. The molecular weight excluding hydrogens is 252 g/mol. The largest absolute Gasteiger partial charge is 0.496 e. The van der Waals surface area contributed by atoms with E-state index < -0.39 is 0 Å². The Bertz CT molecular complexity index is 584. The van der Waals surface area contributed by atoms with Gasteiger partial charge in [0.1, 0.15) is 11.5 Å². The average molecular weight is 272 g/mol. The lowest BCUT2D eigenvalue weighted by Crippen LogP contribution is -2.14. The van der Waals surface area contributed by atoms with Gasteiger partial charge < -0.3 is 15.2 Å². The van der Waals surface area contributed by atoms with Crippen molar-refractivity contribution >= 4 is 0 Å². The minimum absolute atomic E-state index is 0.294. The van der Waals surface area contributed by atoms with Crippen molar-refractivity contribution in [3.05, 3.63) is 53.3 Å². The summed E-state index contributed by atoms with van der Waals surface area (Å²) < 4.78 is 10.9. The van der Waals surface area contributed by atoms with Gasteiger partial charge >= 0.3 is 0 Å². The van der Waals surface area contributed by atoms with E-state index in [4.69, 9.17) is 15.2 Å². The van der Waals surface area contributed by atoms with Gasteiger partial charge in [0.25, 0.3) is 0 Å². The summed E-state index contributed by atoms with van der Waals surface area (Å²) in [4.78, 5) is 4.18. The van der Waals surface area contributed by atoms with Crippen LogP contribution in [0.4, 0.5) is 0 Å². The average Bonchev–Trinajstić information content (AvgIpc) is 2.47. The molecule has 0 saturated heterocycles. The number of methoxy groups -OCH3 is 1. The zero-order valence-electron chi connectivity index (χ0n) is 12.1. The number of rotatable bonds is 5. The fraction of sp³-hybridized carbons (Fsp3) is 0.312. The molecule has 1 unspecified atom stereocenters. The predicted octanol–water partition coefficient (Wildman–Crippen LogP) is 2.85. The lowest BCUT2D eigenvalue weighted by Gasteiger charge is -2.17. The molecule has 0 aliphatic carbocycles. The number of benzene rings is 1. The summed E-state index contributed by atoms with van der Waals surface area (Å²) in [6.07, 6.45) is 3.45. The van der Waals surface area contributed by atoms with E-state index in [0.29, 0.717) is 6.61 Å². The smallest absolute Gasteiger partial charge is 0.137 e. The molecule has 20 heavy (non-hydrogen) atoms. The lowest BCUT2D eigenvalue weighted by atomic mass is 9.98. The normalized spacial score (nSPS) is 12.0. The third-order valence-corrected chi connectivity index (χ3v) is 3.12.